The van der Waals surface area contributed by atoms with E-state index in [0.717, 1.165) is 23.2 Å². The molecular formula is C11H17N3O3. The lowest BCUT2D eigenvalue weighted by molar-refractivity contribution is 0.151. The molecule has 6 heteroatoms. The normalized spacial score (nSPS) is 23.9. The van der Waals surface area contributed by atoms with E-state index in [1.54, 1.807) is 13.0 Å². The lowest BCUT2D eigenvalue weighted by Gasteiger charge is -2.04. The number of carbonyl (C=O) groups excluding carboxylic acids is 1. The maximum absolute atomic E-state index is 11.5. The van der Waals surface area contributed by atoms with Gasteiger partial charge in [-0.25, -0.2) is 4.79 Å². The van der Waals surface area contributed by atoms with Crippen LogP contribution in [0.15, 0.2) is 6.07 Å². The number of ether oxygens (including phenoxy) is 1. The van der Waals surface area contributed by atoms with Crippen molar-refractivity contribution >= 4 is 11.9 Å². The molecule has 17 heavy (non-hydrogen) atoms. The molecule has 1 aliphatic rings. The smallest absolute Gasteiger partial charge is 0.436 e. The number of nitrogens with zero attached hydrogens (tertiary/aromatic N) is 2. The third-order valence-electron chi connectivity index (χ3n) is 3.02. The SMILES string of the molecule is CCOC(=O)n1nc([C@H]2CC[C@@H](O)C2)cc1N. The van der Waals surface area contributed by atoms with E-state index < -0.39 is 6.09 Å². The summed E-state index contributed by atoms with van der Waals surface area (Å²) in [5.74, 6) is 0.461. The zero-order chi connectivity index (χ0) is 12.4. The first-order valence-corrected chi connectivity index (χ1v) is 5.82. The Morgan fingerprint density at radius 3 is 3.06 bits per heavy atom. The minimum absolute atomic E-state index is 0.183. The van der Waals surface area contributed by atoms with Gasteiger partial charge in [0.1, 0.15) is 5.82 Å². The highest BCUT2D eigenvalue weighted by Gasteiger charge is 2.27. The first-order chi connectivity index (χ1) is 8.11. The Labute approximate surface area is 99.4 Å². The first-order valence-electron chi connectivity index (χ1n) is 5.82. The monoisotopic (exact) mass is 239 g/mol. The van der Waals surface area contributed by atoms with Gasteiger partial charge in [0.15, 0.2) is 0 Å². The molecule has 0 bridgehead atoms. The zero-order valence-corrected chi connectivity index (χ0v) is 9.80. The van der Waals surface area contributed by atoms with E-state index in [1.807, 2.05) is 0 Å². The van der Waals surface area contributed by atoms with Gasteiger partial charge in [-0.05, 0) is 26.2 Å². The van der Waals surface area contributed by atoms with E-state index in [9.17, 15) is 9.90 Å². The molecule has 1 aromatic heterocycles. The fraction of sp³-hybridized carbons (Fsp3) is 0.636. The van der Waals surface area contributed by atoms with Crippen molar-refractivity contribution in [2.45, 2.75) is 38.2 Å². The molecule has 2 rings (SSSR count). The Kier molecular flexibility index (Phi) is 3.33. The summed E-state index contributed by atoms with van der Waals surface area (Å²) in [5.41, 5.74) is 6.47. The minimum atomic E-state index is -0.560. The van der Waals surface area contributed by atoms with Gasteiger partial charge in [0.25, 0.3) is 0 Å². The molecule has 0 unspecified atom stereocenters. The molecule has 0 radical (unpaired) electrons. The molecule has 1 saturated carbocycles. The standard InChI is InChI=1S/C11H17N3O3/c1-2-17-11(16)14-10(12)6-9(13-14)7-3-4-8(15)5-7/h6-8,15H,2-5,12H2,1H3/t7-,8+/m0/s1. The largest absolute Gasteiger partial charge is 0.448 e. The second-order valence-corrected chi connectivity index (χ2v) is 4.27. The van der Waals surface area contributed by atoms with E-state index in [0.29, 0.717) is 6.42 Å². The van der Waals surface area contributed by atoms with Crippen LogP contribution in [-0.2, 0) is 4.74 Å². The van der Waals surface area contributed by atoms with Gasteiger partial charge in [-0.1, -0.05) is 0 Å². The van der Waals surface area contributed by atoms with Crippen molar-refractivity contribution in [3.05, 3.63) is 11.8 Å². The van der Waals surface area contributed by atoms with Gasteiger partial charge in [0.2, 0.25) is 0 Å². The number of carbonyl (C=O) groups is 1. The number of aliphatic hydroxyl groups excluding tert-OH is 1. The van der Waals surface area contributed by atoms with Crippen molar-refractivity contribution < 1.29 is 14.6 Å². The van der Waals surface area contributed by atoms with E-state index in [-0.39, 0.29) is 24.4 Å². The molecule has 1 aromatic rings. The summed E-state index contributed by atoms with van der Waals surface area (Å²) < 4.78 is 5.91. The number of aliphatic hydroxyl groups is 1. The van der Waals surface area contributed by atoms with E-state index >= 15 is 0 Å². The summed E-state index contributed by atoms with van der Waals surface area (Å²) in [5, 5.41) is 13.6. The molecule has 3 N–H and O–H groups in total. The van der Waals surface area contributed by atoms with Crippen molar-refractivity contribution in [3.63, 3.8) is 0 Å². The van der Waals surface area contributed by atoms with Crippen LogP contribution in [0.4, 0.5) is 10.6 Å². The second kappa shape index (κ2) is 4.75. The number of hydrogen-bond acceptors (Lipinski definition) is 5. The van der Waals surface area contributed by atoms with Crippen LogP contribution >= 0.6 is 0 Å². The third-order valence-corrected chi connectivity index (χ3v) is 3.02. The highest BCUT2D eigenvalue weighted by atomic mass is 16.6. The van der Waals surface area contributed by atoms with Crippen molar-refractivity contribution in [2.24, 2.45) is 0 Å². The summed E-state index contributed by atoms with van der Waals surface area (Å²) >= 11 is 0. The summed E-state index contributed by atoms with van der Waals surface area (Å²) in [4.78, 5) is 11.5. The van der Waals surface area contributed by atoms with Gasteiger partial charge in [-0.15, -0.1) is 4.68 Å². The number of nitrogens with two attached hydrogens (primary N) is 1. The Bertz CT molecular complexity index is 416. The molecular weight excluding hydrogens is 222 g/mol. The molecule has 1 heterocycles. The van der Waals surface area contributed by atoms with Gasteiger partial charge < -0.3 is 15.6 Å². The van der Waals surface area contributed by atoms with Crippen LogP contribution < -0.4 is 5.73 Å². The van der Waals surface area contributed by atoms with Crippen LogP contribution in [0.25, 0.3) is 0 Å². The molecule has 94 valence electrons. The average Bonchev–Trinajstić information content (AvgIpc) is 2.85. The lowest BCUT2D eigenvalue weighted by Crippen LogP contribution is -2.17. The van der Waals surface area contributed by atoms with Crippen LogP contribution in [0.3, 0.4) is 0 Å². The zero-order valence-electron chi connectivity index (χ0n) is 9.80. The predicted molar refractivity (Wildman–Crippen MR) is 61.7 cm³/mol. The Balaban J connectivity index is 2.15. The molecule has 1 fully saturated rings. The molecule has 6 nitrogen and oxygen atoms in total. The third kappa shape index (κ3) is 2.41. The Morgan fingerprint density at radius 2 is 2.47 bits per heavy atom. The number of nitrogen functional groups attached to an aromatic ring is 1. The van der Waals surface area contributed by atoms with Crippen LogP contribution in [0.5, 0.6) is 0 Å². The Morgan fingerprint density at radius 1 is 1.71 bits per heavy atom. The van der Waals surface area contributed by atoms with Crippen molar-refractivity contribution in [1.29, 1.82) is 0 Å². The van der Waals surface area contributed by atoms with Gasteiger partial charge in [-0.2, -0.15) is 5.10 Å². The van der Waals surface area contributed by atoms with Gasteiger partial charge in [0, 0.05) is 12.0 Å². The molecule has 0 saturated heterocycles. The topological polar surface area (TPSA) is 90.4 Å². The number of hydrogen-bond donors (Lipinski definition) is 2. The molecule has 0 spiro atoms. The van der Waals surface area contributed by atoms with Gasteiger partial charge >= 0.3 is 6.09 Å². The molecule has 0 aromatic carbocycles. The number of anilines is 1. The van der Waals surface area contributed by atoms with E-state index in [2.05, 4.69) is 5.10 Å². The first kappa shape index (κ1) is 11.9. The van der Waals surface area contributed by atoms with Gasteiger partial charge in [0.05, 0.1) is 18.4 Å². The number of aromatic nitrogens is 2. The molecule has 2 atom stereocenters. The lowest BCUT2D eigenvalue weighted by atomic mass is 10.0. The predicted octanol–water partition coefficient (Wildman–Crippen LogP) is 1.10. The van der Waals surface area contributed by atoms with E-state index in [4.69, 9.17) is 10.5 Å². The van der Waals surface area contributed by atoms with Crippen molar-refractivity contribution in [2.75, 3.05) is 12.3 Å². The van der Waals surface area contributed by atoms with Crippen LogP contribution in [0.2, 0.25) is 0 Å². The van der Waals surface area contributed by atoms with Crippen molar-refractivity contribution in [3.8, 4) is 0 Å². The maximum atomic E-state index is 11.5. The average molecular weight is 239 g/mol. The van der Waals surface area contributed by atoms with E-state index in [1.165, 1.54) is 0 Å². The molecule has 1 aliphatic carbocycles. The van der Waals surface area contributed by atoms with Gasteiger partial charge in [-0.3, -0.25) is 0 Å². The fourth-order valence-electron chi connectivity index (χ4n) is 2.17. The van der Waals surface area contributed by atoms with Crippen LogP contribution in [-0.4, -0.2) is 33.7 Å². The highest BCUT2D eigenvalue weighted by molar-refractivity contribution is 5.73. The summed E-state index contributed by atoms with van der Waals surface area (Å²) in [6, 6.07) is 1.68. The summed E-state index contributed by atoms with van der Waals surface area (Å²) in [6.45, 7) is 2.02. The summed E-state index contributed by atoms with van der Waals surface area (Å²) in [6.07, 6.45) is 1.50. The molecule has 0 aliphatic heterocycles. The number of rotatable bonds is 2. The highest BCUT2D eigenvalue weighted by Crippen LogP contribution is 2.34. The minimum Gasteiger partial charge on any atom is -0.448 e. The van der Waals surface area contributed by atoms with Crippen molar-refractivity contribution in [1.82, 2.24) is 9.78 Å². The molecule has 0 amide bonds. The maximum Gasteiger partial charge on any atom is 0.436 e. The quantitative estimate of drug-likeness (QED) is 0.806. The fourth-order valence-corrected chi connectivity index (χ4v) is 2.17. The van der Waals surface area contributed by atoms with Crippen LogP contribution in [0, 0.1) is 0 Å². The summed E-state index contributed by atoms with van der Waals surface area (Å²) in [7, 11) is 0. The Hall–Kier alpha value is -1.56. The van der Waals surface area contributed by atoms with Crippen LogP contribution in [0.1, 0.15) is 37.8 Å². The second-order valence-electron chi connectivity index (χ2n) is 4.27.